The number of nitrogens with zero attached hydrogens (tertiary/aromatic N) is 4. The standard InChI is InChI=1S/C17H16N4O4/c1-11-18-16(25-20-11)14-10-23-8-7-21(14)17(22)13-9-24-15(19-13)12-5-3-2-4-6-12/h2-6,9,14H,7-8,10H2,1H3/t14-/m1/s1. The summed E-state index contributed by atoms with van der Waals surface area (Å²) in [5.41, 5.74) is 1.05. The van der Waals surface area contributed by atoms with Gasteiger partial charge in [0.15, 0.2) is 11.5 Å². The van der Waals surface area contributed by atoms with Gasteiger partial charge in [-0.2, -0.15) is 4.98 Å². The molecule has 1 amide bonds. The van der Waals surface area contributed by atoms with Gasteiger partial charge in [-0.25, -0.2) is 4.98 Å². The summed E-state index contributed by atoms with van der Waals surface area (Å²) in [6, 6.07) is 8.99. The molecule has 1 aromatic carbocycles. The summed E-state index contributed by atoms with van der Waals surface area (Å²) < 4.78 is 16.2. The molecule has 0 N–H and O–H groups in total. The van der Waals surface area contributed by atoms with Crippen LogP contribution >= 0.6 is 0 Å². The van der Waals surface area contributed by atoms with E-state index in [9.17, 15) is 4.79 Å². The van der Waals surface area contributed by atoms with Gasteiger partial charge in [-0.1, -0.05) is 23.4 Å². The van der Waals surface area contributed by atoms with E-state index in [2.05, 4.69) is 15.1 Å². The minimum atomic E-state index is -0.431. The Kier molecular flexibility index (Phi) is 4.02. The molecule has 8 heteroatoms. The van der Waals surface area contributed by atoms with Gasteiger partial charge in [0.25, 0.3) is 11.8 Å². The molecule has 1 aliphatic rings. The Morgan fingerprint density at radius 2 is 2.08 bits per heavy atom. The molecular formula is C17H16N4O4. The molecule has 1 saturated heterocycles. The molecule has 3 heterocycles. The highest BCUT2D eigenvalue weighted by Gasteiger charge is 2.34. The fourth-order valence-electron chi connectivity index (χ4n) is 2.73. The van der Waals surface area contributed by atoms with E-state index >= 15 is 0 Å². The largest absolute Gasteiger partial charge is 0.444 e. The van der Waals surface area contributed by atoms with Crippen LogP contribution in [0.5, 0.6) is 0 Å². The fourth-order valence-corrected chi connectivity index (χ4v) is 2.73. The van der Waals surface area contributed by atoms with Gasteiger partial charge < -0.3 is 18.6 Å². The highest BCUT2D eigenvalue weighted by Crippen LogP contribution is 2.26. The van der Waals surface area contributed by atoms with E-state index in [-0.39, 0.29) is 11.6 Å². The molecule has 0 aliphatic carbocycles. The number of benzene rings is 1. The number of rotatable bonds is 3. The SMILES string of the molecule is Cc1noc([C@H]2COCCN2C(=O)c2coc(-c3ccccc3)n2)n1. The van der Waals surface area contributed by atoms with Crippen molar-refractivity contribution >= 4 is 5.91 Å². The van der Waals surface area contributed by atoms with Crippen LogP contribution in [0, 0.1) is 6.92 Å². The van der Waals surface area contributed by atoms with E-state index in [1.54, 1.807) is 11.8 Å². The Bertz CT molecular complexity index is 874. The van der Waals surface area contributed by atoms with Gasteiger partial charge in [0.2, 0.25) is 5.89 Å². The van der Waals surface area contributed by atoms with Crippen LogP contribution in [0.15, 0.2) is 45.5 Å². The average molecular weight is 340 g/mol. The molecule has 0 radical (unpaired) electrons. The van der Waals surface area contributed by atoms with Crippen molar-refractivity contribution in [2.24, 2.45) is 0 Å². The van der Waals surface area contributed by atoms with Gasteiger partial charge in [0, 0.05) is 12.1 Å². The zero-order valence-corrected chi connectivity index (χ0v) is 13.6. The number of carbonyl (C=O) groups is 1. The van der Waals surface area contributed by atoms with Crippen LogP contribution in [-0.2, 0) is 4.74 Å². The van der Waals surface area contributed by atoms with Crippen LogP contribution in [0.2, 0.25) is 0 Å². The van der Waals surface area contributed by atoms with Crippen molar-refractivity contribution < 1.29 is 18.5 Å². The van der Waals surface area contributed by atoms with Crippen LogP contribution in [0.4, 0.5) is 0 Å². The summed E-state index contributed by atoms with van der Waals surface area (Å²) in [6.45, 7) is 2.89. The number of ether oxygens (including phenoxy) is 1. The number of aromatic nitrogens is 3. The molecule has 128 valence electrons. The first-order chi connectivity index (χ1) is 12.2. The third-order valence-corrected chi connectivity index (χ3v) is 3.96. The van der Waals surface area contributed by atoms with Crippen molar-refractivity contribution in [2.45, 2.75) is 13.0 Å². The Balaban J connectivity index is 1.60. The zero-order valence-electron chi connectivity index (χ0n) is 13.6. The lowest BCUT2D eigenvalue weighted by Gasteiger charge is -2.32. The van der Waals surface area contributed by atoms with Crippen molar-refractivity contribution in [3.8, 4) is 11.5 Å². The third-order valence-electron chi connectivity index (χ3n) is 3.96. The van der Waals surface area contributed by atoms with Crippen molar-refractivity contribution in [3.05, 3.63) is 54.0 Å². The molecular weight excluding hydrogens is 324 g/mol. The van der Waals surface area contributed by atoms with Gasteiger partial charge in [-0.05, 0) is 19.1 Å². The van der Waals surface area contributed by atoms with Gasteiger partial charge in [-0.3, -0.25) is 4.79 Å². The third kappa shape index (κ3) is 3.03. The molecule has 1 atom stereocenters. The number of amides is 1. The Morgan fingerprint density at radius 1 is 1.24 bits per heavy atom. The zero-order chi connectivity index (χ0) is 17.2. The monoisotopic (exact) mass is 340 g/mol. The molecule has 0 unspecified atom stereocenters. The number of morpholine rings is 1. The smallest absolute Gasteiger partial charge is 0.276 e. The summed E-state index contributed by atoms with van der Waals surface area (Å²) >= 11 is 0. The van der Waals surface area contributed by atoms with Gasteiger partial charge in [0.05, 0.1) is 13.2 Å². The van der Waals surface area contributed by atoms with Crippen LogP contribution in [0.25, 0.3) is 11.5 Å². The number of hydrogen-bond donors (Lipinski definition) is 0. The normalized spacial score (nSPS) is 17.6. The lowest BCUT2D eigenvalue weighted by molar-refractivity contribution is -0.0122. The van der Waals surface area contributed by atoms with E-state index in [4.69, 9.17) is 13.7 Å². The second kappa shape index (κ2) is 6.48. The van der Waals surface area contributed by atoms with Crippen molar-refractivity contribution in [3.63, 3.8) is 0 Å². The van der Waals surface area contributed by atoms with E-state index in [1.165, 1.54) is 6.26 Å². The lowest BCUT2D eigenvalue weighted by Crippen LogP contribution is -2.43. The lowest BCUT2D eigenvalue weighted by atomic mass is 10.2. The highest BCUT2D eigenvalue weighted by atomic mass is 16.5. The molecule has 4 rings (SSSR count). The maximum atomic E-state index is 12.9. The first-order valence-corrected chi connectivity index (χ1v) is 7.92. The predicted molar refractivity (Wildman–Crippen MR) is 85.6 cm³/mol. The number of aryl methyl sites for hydroxylation is 1. The quantitative estimate of drug-likeness (QED) is 0.721. The minimum Gasteiger partial charge on any atom is -0.444 e. The topological polar surface area (TPSA) is 94.5 Å². The summed E-state index contributed by atoms with van der Waals surface area (Å²) in [6.07, 6.45) is 1.37. The fraction of sp³-hybridized carbons (Fsp3) is 0.294. The summed E-state index contributed by atoms with van der Waals surface area (Å²) in [4.78, 5) is 23.1. The van der Waals surface area contributed by atoms with Crippen LogP contribution < -0.4 is 0 Å². The molecule has 1 aliphatic heterocycles. The number of carbonyl (C=O) groups excluding carboxylic acids is 1. The molecule has 0 spiro atoms. The van der Waals surface area contributed by atoms with Crippen molar-refractivity contribution in [1.82, 2.24) is 20.0 Å². The summed E-state index contributed by atoms with van der Waals surface area (Å²) in [5, 5.41) is 3.79. The Morgan fingerprint density at radius 3 is 2.84 bits per heavy atom. The molecule has 3 aromatic rings. The molecule has 1 fully saturated rings. The van der Waals surface area contributed by atoms with Crippen LogP contribution in [-0.4, -0.2) is 45.7 Å². The average Bonchev–Trinajstić information content (AvgIpc) is 3.31. The molecule has 0 bridgehead atoms. The maximum Gasteiger partial charge on any atom is 0.276 e. The first-order valence-electron chi connectivity index (χ1n) is 7.92. The number of hydrogen-bond acceptors (Lipinski definition) is 7. The Labute approximate surface area is 143 Å². The van der Waals surface area contributed by atoms with E-state index in [1.807, 2.05) is 30.3 Å². The highest BCUT2D eigenvalue weighted by molar-refractivity contribution is 5.92. The van der Waals surface area contributed by atoms with E-state index < -0.39 is 6.04 Å². The van der Waals surface area contributed by atoms with Crippen molar-refractivity contribution in [1.29, 1.82) is 0 Å². The van der Waals surface area contributed by atoms with Crippen LogP contribution in [0.3, 0.4) is 0 Å². The minimum absolute atomic E-state index is 0.238. The van der Waals surface area contributed by atoms with Gasteiger partial charge in [0.1, 0.15) is 12.3 Å². The molecule has 2 aromatic heterocycles. The summed E-state index contributed by atoms with van der Waals surface area (Å²) in [7, 11) is 0. The Hall–Kier alpha value is -3.00. The summed E-state index contributed by atoms with van der Waals surface area (Å²) in [5.74, 6) is 1.02. The molecule has 25 heavy (non-hydrogen) atoms. The molecule has 8 nitrogen and oxygen atoms in total. The van der Waals surface area contributed by atoms with Crippen LogP contribution in [0.1, 0.15) is 28.2 Å². The van der Waals surface area contributed by atoms with Gasteiger partial charge >= 0.3 is 0 Å². The van der Waals surface area contributed by atoms with Gasteiger partial charge in [-0.15, -0.1) is 0 Å². The van der Waals surface area contributed by atoms with E-state index in [0.717, 1.165) is 5.56 Å². The first kappa shape index (κ1) is 15.5. The predicted octanol–water partition coefficient (Wildman–Crippen LogP) is 2.25. The molecule has 0 saturated carbocycles. The second-order valence-electron chi connectivity index (χ2n) is 5.67. The maximum absolute atomic E-state index is 12.9. The van der Waals surface area contributed by atoms with Crippen molar-refractivity contribution in [2.75, 3.05) is 19.8 Å². The number of oxazole rings is 1. The second-order valence-corrected chi connectivity index (χ2v) is 5.67. The van der Waals surface area contributed by atoms with E-state index in [0.29, 0.717) is 37.4 Å².